The van der Waals surface area contributed by atoms with Gasteiger partial charge in [-0.25, -0.2) is 4.79 Å². The summed E-state index contributed by atoms with van der Waals surface area (Å²) in [4.78, 5) is 26.0. The zero-order valence-electron chi connectivity index (χ0n) is 15.5. The van der Waals surface area contributed by atoms with Crippen molar-refractivity contribution in [1.82, 2.24) is 10.2 Å². The number of rotatable bonds is 5. The summed E-state index contributed by atoms with van der Waals surface area (Å²) in [5, 5.41) is 5.88. The van der Waals surface area contributed by atoms with Gasteiger partial charge in [0.2, 0.25) is 5.91 Å². The zero-order valence-corrected chi connectivity index (χ0v) is 15.5. The lowest BCUT2D eigenvalue weighted by Crippen LogP contribution is -2.42. The number of nitrogens with one attached hydrogen (secondary N) is 2. The molecule has 136 valence electrons. The summed E-state index contributed by atoms with van der Waals surface area (Å²) in [6.45, 7) is 3.99. The van der Waals surface area contributed by atoms with E-state index in [9.17, 15) is 9.59 Å². The first-order valence-electron chi connectivity index (χ1n) is 8.88. The third-order valence-electron chi connectivity index (χ3n) is 4.93. The molecule has 0 unspecified atom stereocenters. The summed E-state index contributed by atoms with van der Waals surface area (Å²) in [6, 6.07) is 15.9. The van der Waals surface area contributed by atoms with Crippen molar-refractivity contribution in [2.45, 2.75) is 32.2 Å². The van der Waals surface area contributed by atoms with Crippen LogP contribution >= 0.6 is 0 Å². The standard InChI is InChI=1S/C21H25N3O2/c1-14-8-7-11-18(15(14)2)22-20(25)13-24(3)21(26)23-19-12-17(19)16-9-5-4-6-10-16/h4-11,17,19H,12-13H2,1-3H3,(H,22,25)(H,23,26)/t17-,19+/m1/s1. The van der Waals surface area contributed by atoms with Crippen molar-refractivity contribution in [1.29, 1.82) is 0 Å². The predicted octanol–water partition coefficient (Wildman–Crippen LogP) is 3.44. The molecule has 3 rings (SSSR count). The van der Waals surface area contributed by atoms with Gasteiger partial charge in [0.15, 0.2) is 0 Å². The number of amides is 3. The highest BCUT2D eigenvalue weighted by Gasteiger charge is 2.39. The van der Waals surface area contributed by atoms with E-state index in [1.165, 1.54) is 10.5 Å². The zero-order chi connectivity index (χ0) is 18.7. The third-order valence-corrected chi connectivity index (χ3v) is 4.93. The third kappa shape index (κ3) is 4.23. The summed E-state index contributed by atoms with van der Waals surface area (Å²) in [5.41, 5.74) is 4.19. The Morgan fingerprint density at radius 2 is 1.81 bits per heavy atom. The molecule has 0 spiro atoms. The number of urea groups is 1. The van der Waals surface area contributed by atoms with Gasteiger partial charge in [-0.1, -0.05) is 42.5 Å². The van der Waals surface area contributed by atoms with Gasteiger partial charge in [0, 0.05) is 24.7 Å². The van der Waals surface area contributed by atoms with Gasteiger partial charge in [0.05, 0.1) is 0 Å². The lowest BCUT2D eigenvalue weighted by molar-refractivity contribution is -0.116. The molecule has 0 bridgehead atoms. The lowest BCUT2D eigenvalue weighted by Gasteiger charge is -2.18. The van der Waals surface area contributed by atoms with Crippen LogP contribution in [0.3, 0.4) is 0 Å². The predicted molar refractivity (Wildman–Crippen MR) is 103 cm³/mol. The molecule has 1 saturated carbocycles. The molecule has 2 atom stereocenters. The molecule has 5 heteroatoms. The Hall–Kier alpha value is -2.82. The topological polar surface area (TPSA) is 61.4 Å². The van der Waals surface area contributed by atoms with Crippen molar-refractivity contribution < 1.29 is 9.59 Å². The van der Waals surface area contributed by atoms with Gasteiger partial charge >= 0.3 is 6.03 Å². The maximum atomic E-state index is 12.3. The van der Waals surface area contributed by atoms with E-state index in [0.29, 0.717) is 5.92 Å². The number of hydrogen-bond acceptors (Lipinski definition) is 2. The van der Waals surface area contributed by atoms with Crippen LogP contribution in [0.2, 0.25) is 0 Å². The van der Waals surface area contributed by atoms with Crippen molar-refractivity contribution in [3.8, 4) is 0 Å². The number of anilines is 1. The Balaban J connectivity index is 1.48. The van der Waals surface area contributed by atoms with Crippen LogP contribution in [-0.2, 0) is 4.79 Å². The van der Waals surface area contributed by atoms with E-state index in [4.69, 9.17) is 0 Å². The molecule has 0 radical (unpaired) electrons. The average molecular weight is 351 g/mol. The number of carbonyl (C=O) groups is 2. The van der Waals surface area contributed by atoms with Crippen molar-refractivity contribution >= 4 is 17.6 Å². The van der Waals surface area contributed by atoms with Gasteiger partial charge in [0.1, 0.15) is 6.54 Å². The first-order valence-corrected chi connectivity index (χ1v) is 8.88. The number of nitrogens with zero attached hydrogens (tertiary/aromatic N) is 1. The lowest BCUT2D eigenvalue weighted by atomic mass is 10.1. The molecule has 5 nitrogen and oxygen atoms in total. The highest BCUT2D eigenvalue weighted by atomic mass is 16.2. The van der Waals surface area contributed by atoms with Gasteiger partial charge in [-0.2, -0.15) is 0 Å². The number of carbonyl (C=O) groups excluding carboxylic acids is 2. The molecule has 0 aromatic heterocycles. The van der Waals surface area contributed by atoms with Crippen LogP contribution in [0.4, 0.5) is 10.5 Å². The van der Waals surface area contributed by atoms with Crippen LogP contribution in [0.1, 0.15) is 29.0 Å². The maximum absolute atomic E-state index is 12.3. The Kier molecular flexibility index (Phi) is 5.26. The van der Waals surface area contributed by atoms with Crippen LogP contribution in [0, 0.1) is 13.8 Å². The molecule has 2 aromatic rings. The van der Waals surface area contributed by atoms with Gasteiger partial charge in [-0.3, -0.25) is 4.79 Å². The number of benzene rings is 2. The molecule has 2 aromatic carbocycles. The second-order valence-corrected chi connectivity index (χ2v) is 6.96. The van der Waals surface area contributed by atoms with Crippen LogP contribution in [0.25, 0.3) is 0 Å². The second-order valence-electron chi connectivity index (χ2n) is 6.96. The Bertz CT molecular complexity index is 804. The fourth-order valence-corrected chi connectivity index (χ4v) is 3.06. The van der Waals surface area contributed by atoms with Gasteiger partial charge in [-0.05, 0) is 43.0 Å². The molecule has 1 aliphatic carbocycles. The summed E-state index contributed by atoms with van der Waals surface area (Å²) in [5.74, 6) is 0.170. The molecule has 0 aliphatic heterocycles. The molecule has 0 saturated heterocycles. The summed E-state index contributed by atoms with van der Waals surface area (Å²) in [7, 11) is 1.64. The van der Waals surface area contributed by atoms with Crippen molar-refractivity contribution in [2.75, 3.05) is 18.9 Å². The van der Waals surface area contributed by atoms with E-state index in [1.807, 2.05) is 50.2 Å². The quantitative estimate of drug-likeness (QED) is 0.867. The Morgan fingerprint density at radius 1 is 1.08 bits per heavy atom. The molecular weight excluding hydrogens is 326 g/mol. The minimum Gasteiger partial charge on any atom is -0.335 e. The molecular formula is C21H25N3O2. The molecule has 0 heterocycles. The second kappa shape index (κ2) is 7.60. The monoisotopic (exact) mass is 351 g/mol. The molecule has 2 N–H and O–H groups in total. The van der Waals surface area contributed by atoms with Crippen LogP contribution in [-0.4, -0.2) is 36.5 Å². The summed E-state index contributed by atoms with van der Waals surface area (Å²) < 4.78 is 0. The molecule has 1 aliphatic rings. The number of aryl methyl sites for hydroxylation is 1. The van der Waals surface area contributed by atoms with E-state index < -0.39 is 0 Å². The minimum atomic E-state index is -0.218. The largest absolute Gasteiger partial charge is 0.335 e. The highest BCUT2D eigenvalue weighted by molar-refractivity contribution is 5.95. The molecule has 26 heavy (non-hydrogen) atoms. The van der Waals surface area contributed by atoms with Gasteiger partial charge < -0.3 is 15.5 Å². The Labute approximate surface area is 154 Å². The normalized spacial score (nSPS) is 18.1. The Morgan fingerprint density at radius 3 is 2.54 bits per heavy atom. The average Bonchev–Trinajstić information content (AvgIpc) is 3.38. The van der Waals surface area contributed by atoms with Crippen LogP contribution in [0.15, 0.2) is 48.5 Å². The van der Waals surface area contributed by atoms with Gasteiger partial charge in [0.25, 0.3) is 0 Å². The fourth-order valence-electron chi connectivity index (χ4n) is 3.06. The van der Waals surface area contributed by atoms with E-state index in [1.54, 1.807) is 7.05 Å². The number of likely N-dealkylation sites (N-methyl/N-ethyl adjacent to an activating group) is 1. The SMILES string of the molecule is Cc1cccc(NC(=O)CN(C)C(=O)N[C@H]2C[C@@H]2c2ccccc2)c1C. The van der Waals surface area contributed by atoms with E-state index in [-0.39, 0.29) is 24.5 Å². The van der Waals surface area contributed by atoms with Crippen molar-refractivity contribution in [2.24, 2.45) is 0 Å². The van der Waals surface area contributed by atoms with E-state index in [2.05, 4.69) is 22.8 Å². The number of hydrogen-bond donors (Lipinski definition) is 2. The smallest absolute Gasteiger partial charge is 0.317 e. The first-order chi connectivity index (χ1) is 12.5. The minimum absolute atomic E-state index is 0.0158. The maximum Gasteiger partial charge on any atom is 0.317 e. The van der Waals surface area contributed by atoms with Crippen molar-refractivity contribution in [3.63, 3.8) is 0 Å². The highest BCUT2D eigenvalue weighted by Crippen LogP contribution is 2.40. The molecule has 3 amide bonds. The van der Waals surface area contributed by atoms with Crippen LogP contribution in [0.5, 0.6) is 0 Å². The molecule has 1 fully saturated rings. The summed E-state index contributed by atoms with van der Waals surface area (Å²) in [6.07, 6.45) is 0.943. The summed E-state index contributed by atoms with van der Waals surface area (Å²) >= 11 is 0. The fraction of sp³-hybridized carbons (Fsp3) is 0.333. The van der Waals surface area contributed by atoms with Crippen LogP contribution < -0.4 is 10.6 Å². The van der Waals surface area contributed by atoms with E-state index in [0.717, 1.165) is 23.2 Å². The van der Waals surface area contributed by atoms with Crippen molar-refractivity contribution in [3.05, 3.63) is 65.2 Å². The first kappa shape index (κ1) is 18.0. The van der Waals surface area contributed by atoms with Gasteiger partial charge in [-0.15, -0.1) is 0 Å². The van der Waals surface area contributed by atoms with E-state index >= 15 is 0 Å².